The van der Waals surface area contributed by atoms with Crippen molar-refractivity contribution in [1.29, 1.82) is 0 Å². The second-order valence-electron chi connectivity index (χ2n) is 3.67. The Morgan fingerprint density at radius 1 is 1.41 bits per heavy atom. The van der Waals surface area contributed by atoms with E-state index in [9.17, 15) is 4.39 Å². The van der Waals surface area contributed by atoms with E-state index in [0.717, 1.165) is 15.9 Å². The lowest BCUT2D eigenvalue weighted by molar-refractivity contribution is 0.562. The Kier molecular flexibility index (Phi) is 4.31. The van der Waals surface area contributed by atoms with Crippen LogP contribution in [0.5, 0.6) is 0 Å². The van der Waals surface area contributed by atoms with Crippen molar-refractivity contribution in [3.63, 3.8) is 0 Å². The van der Waals surface area contributed by atoms with Gasteiger partial charge in [0.05, 0.1) is 6.04 Å². The number of nitrogens with one attached hydrogen (secondary N) is 1. The summed E-state index contributed by atoms with van der Waals surface area (Å²) < 4.78 is 14.8. The van der Waals surface area contributed by atoms with Gasteiger partial charge in [0, 0.05) is 14.9 Å². The summed E-state index contributed by atoms with van der Waals surface area (Å²) in [5, 5.41) is 5.33. The highest BCUT2D eigenvalue weighted by Gasteiger charge is 2.17. The molecule has 1 heterocycles. The highest BCUT2D eigenvalue weighted by molar-refractivity contribution is 9.10. The molecule has 2 rings (SSSR count). The van der Waals surface area contributed by atoms with Gasteiger partial charge in [-0.2, -0.15) is 0 Å². The van der Waals surface area contributed by atoms with E-state index in [1.54, 1.807) is 17.4 Å². The third-order valence-electron chi connectivity index (χ3n) is 2.50. The van der Waals surface area contributed by atoms with Gasteiger partial charge in [-0.3, -0.25) is 0 Å². The second-order valence-corrected chi connectivity index (χ2v) is 5.57. The van der Waals surface area contributed by atoms with Crippen molar-refractivity contribution in [2.45, 2.75) is 13.0 Å². The van der Waals surface area contributed by atoms with Crippen LogP contribution in [0.15, 0.2) is 40.2 Å². The average molecular weight is 314 g/mol. The molecule has 0 saturated heterocycles. The van der Waals surface area contributed by atoms with Crippen molar-refractivity contribution in [2.75, 3.05) is 6.54 Å². The van der Waals surface area contributed by atoms with Crippen LogP contribution in [0.1, 0.15) is 23.4 Å². The molecular weight excluding hydrogens is 301 g/mol. The van der Waals surface area contributed by atoms with Gasteiger partial charge in [-0.25, -0.2) is 4.39 Å². The summed E-state index contributed by atoms with van der Waals surface area (Å²) in [4.78, 5) is 1.13. The fraction of sp³-hybridized carbons (Fsp3) is 0.231. The van der Waals surface area contributed by atoms with Gasteiger partial charge in [0.15, 0.2) is 0 Å². The number of thiophene rings is 1. The van der Waals surface area contributed by atoms with Crippen LogP contribution in [0.2, 0.25) is 0 Å². The fourth-order valence-electron chi connectivity index (χ4n) is 1.76. The van der Waals surface area contributed by atoms with Crippen molar-refractivity contribution in [2.24, 2.45) is 0 Å². The molecule has 1 nitrogen and oxygen atoms in total. The van der Waals surface area contributed by atoms with Crippen LogP contribution in [0, 0.1) is 5.82 Å². The molecule has 0 aliphatic rings. The van der Waals surface area contributed by atoms with E-state index in [4.69, 9.17) is 0 Å². The van der Waals surface area contributed by atoms with Crippen LogP contribution in [0.3, 0.4) is 0 Å². The molecule has 17 heavy (non-hydrogen) atoms. The van der Waals surface area contributed by atoms with Gasteiger partial charge in [-0.15, -0.1) is 11.3 Å². The summed E-state index contributed by atoms with van der Waals surface area (Å²) in [5.41, 5.74) is 0.684. The summed E-state index contributed by atoms with van der Waals surface area (Å²) in [6.45, 7) is 2.82. The highest BCUT2D eigenvalue weighted by Crippen LogP contribution is 2.29. The number of hydrogen-bond acceptors (Lipinski definition) is 2. The lowest BCUT2D eigenvalue weighted by Crippen LogP contribution is -2.22. The largest absolute Gasteiger partial charge is 0.306 e. The van der Waals surface area contributed by atoms with Crippen LogP contribution >= 0.6 is 27.3 Å². The highest BCUT2D eigenvalue weighted by atomic mass is 79.9. The van der Waals surface area contributed by atoms with E-state index >= 15 is 0 Å². The SMILES string of the molecule is CCNC(c1cccs1)c1cc(Br)ccc1F. The zero-order valence-corrected chi connectivity index (χ0v) is 11.8. The van der Waals surface area contributed by atoms with Gasteiger partial charge in [0.2, 0.25) is 0 Å². The average Bonchev–Trinajstić information content (AvgIpc) is 2.83. The molecule has 0 amide bonds. The molecule has 0 aliphatic heterocycles. The molecule has 1 atom stereocenters. The molecule has 0 radical (unpaired) electrons. The molecule has 1 unspecified atom stereocenters. The smallest absolute Gasteiger partial charge is 0.128 e. The van der Waals surface area contributed by atoms with Crippen LogP contribution in [0.4, 0.5) is 4.39 Å². The number of rotatable bonds is 4. The summed E-state index contributed by atoms with van der Waals surface area (Å²) in [5.74, 6) is -0.174. The minimum atomic E-state index is -0.174. The van der Waals surface area contributed by atoms with E-state index < -0.39 is 0 Å². The van der Waals surface area contributed by atoms with Crippen molar-refractivity contribution in [1.82, 2.24) is 5.32 Å². The molecule has 1 aromatic heterocycles. The van der Waals surface area contributed by atoms with E-state index in [1.165, 1.54) is 6.07 Å². The van der Waals surface area contributed by atoms with Crippen LogP contribution < -0.4 is 5.32 Å². The molecule has 2 aromatic rings. The maximum absolute atomic E-state index is 13.9. The van der Waals surface area contributed by atoms with E-state index in [-0.39, 0.29) is 11.9 Å². The van der Waals surface area contributed by atoms with Crippen molar-refractivity contribution in [3.05, 3.63) is 56.4 Å². The Morgan fingerprint density at radius 2 is 2.24 bits per heavy atom. The van der Waals surface area contributed by atoms with Crippen LogP contribution in [-0.4, -0.2) is 6.54 Å². The molecule has 0 fully saturated rings. The quantitative estimate of drug-likeness (QED) is 0.885. The Bertz CT molecular complexity index is 484. The van der Waals surface area contributed by atoms with E-state index in [2.05, 4.69) is 21.2 Å². The van der Waals surface area contributed by atoms with Crippen molar-refractivity contribution < 1.29 is 4.39 Å². The first-order valence-corrected chi connectivity index (χ1v) is 7.11. The lowest BCUT2D eigenvalue weighted by atomic mass is 10.0. The molecule has 0 aliphatic carbocycles. The molecule has 1 N–H and O–H groups in total. The number of hydrogen-bond donors (Lipinski definition) is 1. The Balaban J connectivity index is 2.42. The third-order valence-corrected chi connectivity index (χ3v) is 3.94. The van der Waals surface area contributed by atoms with Gasteiger partial charge in [0.25, 0.3) is 0 Å². The first kappa shape index (κ1) is 12.7. The van der Waals surface area contributed by atoms with Gasteiger partial charge < -0.3 is 5.32 Å². The monoisotopic (exact) mass is 313 g/mol. The predicted octanol–water partition coefficient (Wildman–Crippen LogP) is 4.35. The summed E-state index contributed by atoms with van der Waals surface area (Å²) in [6, 6.07) is 8.99. The zero-order chi connectivity index (χ0) is 12.3. The second kappa shape index (κ2) is 5.76. The van der Waals surface area contributed by atoms with Crippen LogP contribution in [0.25, 0.3) is 0 Å². The van der Waals surface area contributed by atoms with Gasteiger partial charge in [-0.05, 0) is 36.2 Å². The van der Waals surface area contributed by atoms with Crippen molar-refractivity contribution >= 4 is 27.3 Å². The summed E-state index contributed by atoms with van der Waals surface area (Å²) in [6.07, 6.45) is 0. The lowest BCUT2D eigenvalue weighted by Gasteiger charge is -2.18. The van der Waals surface area contributed by atoms with Gasteiger partial charge in [0.1, 0.15) is 5.82 Å². The minimum absolute atomic E-state index is 0.0718. The first-order chi connectivity index (χ1) is 8.22. The molecule has 0 spiro atoms. The summed E-state index contributed by atoms with van der Waals surface area (Å²) in [7, 11) is 0. The Labute approximate surface area is 113 Å². The topological polar surface area (TPSA) is 12.0 Å². The molecule has 4 heteroatoms. The maximum Gasteiger partial charge on any atom is 0.128 e. The summed E-state index contributed by atoms with van der Waals surface area (Å²) >= 11 is 5.02. The normalized spacial score (nSPS) is 12.6. The maximum atomic E-state index is 13.9. The molecule has 0 saturated carbocycles. The zero-order valence-electron chi connectivity index (χ0n) is 9.41. The van der Waals surface area contributed by atoms with Gasteiger partial charge >= 0.3 is 0 Å². The number of halogens is 2. The van der Waals surface area contributed by atoms with Crippen molar-refractivity contribution in [3.8, 4) is 0 Å². The van der Waals surface area contributed by atoms with E-state index in [0.29, 0.717) is 5.56 Å². The third kappa shape index (κ3) is 2.94. The predicted molar refractivity (Wildman–Crippen MR) is 73.9 cm³/mol. The first-order valence-electron chi connectivity index (χ1n) is 5.44. The molecular formula is C13H13BrFNS. The van der Waals surface area contributed by atoms with E-state index in [1.807, 2.05) is 30.5 Å². The molecule has 0 bridgehead atoms. The fourth-order valence-corrected chi connectivity index (χ4v) is 2.96. The number of benzene rings is 1. The van der Waals surface area contributed by atoms with Gasteiger partial charge in [-0.1, -0.05) is 28.9 Å². The molecule has 1 aromatic carbocycles. The Hall–Kier alpha value is -0.710. The standard InChI is InChI=1S/C13H13BrFNS/c1-2-16-13(12-4-3-7-17-12)10-8-9(14)5-6-11(10)15/h3-8,13,16H,2H2,1H3. The Morgan fingerprint density at radius 3 is 2.88 bits per heavy atom. The van der Waals surface area contributed by atoms with Crippen LogP contribution in [-0.2, 0) is 0 Å². The molecule has 90 valence electrons. The minimum Gasteiger partial charge on any atom is -0.306 e.